The zero-order valence-corrected chi connectivity index (χ0v) is 5.27. The van der Waals surface area contributed by atoms with E-state index in [1.807, 2.05) is 0 Å². The Labute approximate surface area is 60.9 Å². The van der Waals surface area contributed by atoms with Crippen LogP contribution in [-0.2, 0) is 14.4 Å². The Balaban J connectivity index is 4.68. The van der Waals surface area contributed by atoms with E-state index in [1.54, 1.807) is 0 Å². The van der Waals surface area contributed by atoms with Crippen LogP contribution in [0.3, 0.4) is 0 Å². The summed E-state index contributed by atoms with van der Waals surface area (Å²) in [6.07, 6.45) is 0. The molecule has 1 unspecified atom stereocenters. The molecule has 0 spiro atoms. The second-order valence-electron chi connectivity index (χ2n) is 1.64. The molecule has 0 aromatic heterocycles. The summed E-state index contributed by atoms with van der Waals surface area (Å²) in [6, 6.07) is -1.81. The number of rotatable bonds is 3. The Hall–Kier alpha value is -1.65. The molecule has 0 aromatic rings. The molecule has 0 aliphatic rings. The van der Waals surface area contributed by atoms with Gasteiger partial charge in [-0.1, -0.05) is 0 Å². The zero-order chi connectivity index (χ0) is 9.02. The normalized spacial score (nSPS) is 11.4. The van der Waals surface area contributed by atoms with Crippen molar-refractivity contribution in [3.05, 3.63) is 5.57 Å². The van der Waals surface area contributed by atoms with Crippen LogP contribution in [0.25, 0.3) is 0 Å². The maximum atomic E-state index is 10.0. The van der Waals surface area contributed by atoms with Gasteiger partial charge in [0.1, 0.15) is 17.6 Å². The lowest BCUT2D eigenvalue weighted by atomic mass is 10.1. The Morgan fingerprint density at radius 2 is 1.82 bits per heavy atom. The SMILES string of the molecule is NC(C(=O)O)C(=C=O)C(=O)O. The molecule has 0 aliphatic heterocycles. The third kappa shape index (κ3) is 2.21. The fourth-order valence-corrected chi connectivity index (χ4v) is 0.364. The number of hydrogen-bond donors (Lipinski definition) is 3. The molecule has 60 valence electrons. The van der Waals surface area contributed by atoms with E-state index >= 15 is 0 Å². The summed E-state index contributed by atoms with van der Waals surface area (Å²) < 4.78 is 0. The summed E-state index contributed by atoms with van der Waals surface area (Å²) >= 11 is 0. The van der Waals surface area contributed by atoms with E-state index in [0.29, 0.717) is 0 Å². The number of aliphatic carboxylic acids is 2. The Morgan fingerprint density at radius 3 is 1.91 bits per heavy atom. The van der Waals surface area contributed by atoms with E-state index in [9.17, 15) is 14.4 Å². The molecule has 0 radical (unpaired) electrons. The minimum absolute atomic E-state index is 0.944. The van der Waals surface area contributed by atoms with Crippen LogP contribution in [-0.4, -0.2) is 34.1 Å². The van der Waals surface area contributed by atoms with Gasteiger partial charge in [-0.05, 0) is 0 Å². The summed E-state index contributed by atoms with van der Waals surface area (Å²) in [5.74, 6) is -2.31. The molecule has 0 aromatic carbocycles. The lowest BCUT2D eigenvalue weighted by molar-refractivity contribution is -0.140. The molecule has 0 amide bonds. The average Bonchev–Trinajstić information content (AvgIpc) is 1.88. The molecule has 0 saturated heterocycles. The molecule has 0 saturated carbocycles. The maximum Gasteiger partial charge on any atom is 0.345 e. The molecule has 1 atom stereocenters. The predicted octanol–water partition coefficient (Wildman–Crippen LogP) is -1.76. The molecule has 0 rings (SSSR count). The molecule has 0 heterocycles. The molecule has 0 bridgehead atoms. The van der Waals surface area contributed by atoms with E-state index in [1.165, 1.54) is 0 Å². The monoisotopic (exact) mass is 159 g/mol. The largest absolute Gasteiger partial charge is 0.480 e. The van der Waals surface area contributed by atoms with Crippen LogP contribution in [0.5, 0.6) is 0 Å². The van der Waals surface area contributed by atoms with Gasteiger partial charge in [0.25, 0.3) is 0 Å². The van der Waals surface area contributed by atoms with Crippen molar-refractivity contribution in [2.45, 2.75) is 6.04 Å². The quantitative estimate of drug-likeness (QED) is 0.331. The number of nitrogens with two attached hydrogens (primary N) is 1. The van der Waals surface area contributed by atoms with Crippen LogP contribution in [0.15, 0.2) is 5.57 Å². The number of carboxylic acid groups (broad SMARTS) is 2. The van der Waals surface area contributed by atoms with Crippen LogP contribution >= 0.6 is 0 Å². The standard InChI is InChI=1S/C5H5NO5/c6-3(5(10)11)2(1-7)4(8)9/h3H,6H2,(H,8,9)(H,10,11). The van der Waals surface area contributed by atoms with Gasteiger partial charge in [-0.2, -0.15) is 0 Å². The fraction of sp³-hybridized carbons (Fsp3) is 0.200. The molecular formula is C5H5NO5. The van der Waals surface area contributed by atoms with Gasteiger partial charge in [0.15, 0.2) is 0 Å². The van der Waals surface area contributed by atoms with Crippen molar-refractivity contribution in [3.63, 3.8) is 0 Å². The van der Waals surface area contributed by atoms with Crippen LogP contribution in [0, 0.1) is 0 Å². The van der Waals surface area contributed by atoms with Gasteiger partial charge >= 0.3 is 11.9 Å². The highest BCUT2D eigenvalue weighted by molar-refractivity contribution is 6.02. The number of carboxylic acids is 2. The molecule has 4 N–H and O–H groups in total. The smallest absolute Gasteiger partial charge is 0.345 e. The van der Waals surface area contributed by atoms with Crippen molar-refractivity contribution in [2.24, 2.45) is 5.73 Å². The average molecular weight is 159 g/mol. The van der Waals surface area contributed by atoms with E-state index in [2.05, 4.69) is 0 Å². The van der Waals surface area contributed by atoms with E-state index < -0.39 is 23.6 Å². The number of hydrogen-bond acceptors (Lipinski definition) is 4. The number of carbonyl (C=O) groups excluding carboxylic acids is 1. The van der Waals surface area contributed by atoms with Crippen molar-refractivity contribution in [3.8, 4) is 0 Å². The van der Waals surface area contributed by atoms with Crippen LogP contribution < -0.4 is 5.73 Å². The van der Waals surface area contributed by atoms with Crippen LogP contribution in [0.4, 0.5) is 0 Å². The molecule has 6 heteroatoms. The van der Waals surface area contributed by atoms with E-state index in [-0.39, 0.29) is 0 Å². The van der Waals surface area contributed by atoms with E-state index in [4.69, 9.17) is 15.9 Å². The Bertz CT molecular complexity index is 239. The molecule has 0 fully saturated rings. The fourth-order valence-electron chi connectivity index (χ4n) is 0.364. The number of carbonyl (C=O) groups is 2. The van der Waals surface area contributed by atoms with Crippen LogP contribution in [0.2, 0.25) is 0 Å². The lowest BCUT2D eigenvalue weighted by Gasteiger charge is -2.01. The Morgan fingerprint density at radius 1 is 1.36 bits per heavy atom. The second kappa shape index (κ2) is 3.50. The van der Waals surface area contributed by atoms with Crippen molar-refractivity contribution in [1.82, 2.24) is 0 Å². The molecule has 6 nitrogen and oxygen atoms in total. The Kier molecular flexibility index (Phi) is 2.98. The molecule has 11 heavy (non-hydrogen) atoms. The van der Waals surface area contributed by atoms with Gasteiger partial charge in [-0.3, -0.25) is 4.79 Å². The molecule has 0 aliphatic carbocycles. The van der Waals surface area contributed by atoms with Gasteiger partial charge in [-0.15, -0.1) is 0 Å². The van der Waals surface area contributed by atoms with Gasteiger partial charge in [-0.25, -0.2) is 9.59 Å². The van der Waals surface area contributed by atoms with Crippen molar-refractivity contribution in [1.29, 1.82) is 0 Å². The first kappa shape index (κ1) is 9.35. The third-order valence-electron chi connectivity index (χ3n) is 0.917. The predicted molar refractivity (Wildman–Crippen MR) is 32.5 cm³/mol. The van der Waals surface area contributed by atoms with E-state index in [0.717, 1.165) is 5.94 Å². The minimum Gasteiger partial charge on any atom is -0.480 e. The first-order valence-corrected chi connectivity index (χ1v) is 2.47. The first-order chi connectivity index (χ1) is 5.00. The van der Waals surface area contributed by atoms with Crippen molar-refractivity contribution in [2.75, 3.05) is 0 Å². The zero-order valence-electron chi connectivity index (χ0n) is 5.27. The van der Waals surface area contributed by atoms with Crippen molar-refractivity contribution >= 4 is 17.9 Å². The summed E-state index contributed by atoms with van der Waals surface area (Å²) in [6.45, 7) is 0. The summed E-state index contributed by atoms with van der Waals surface area (Å²) in [5, 5.41) is 16.3. The van der Waals surface area contributed by atoms with Gasteiger partial charge in [0.2, 0.25) is 0 Å². The molecular weight excluding hydrogens is 154 g/mol. The maximum absolute atomic E-state index is 10.0. The summed E-state index contributed by atoms with van der Waals surface area (Å²) in [7, 11) is 0. The summed E-state index contributed by atoms with van der Waals surface area (Å²) in [4.78, 5) is 29.9. The third-order valence-corrected chi connectivity index (χ3v) is 0.917. The second-order valence-corrected chi connectivity index (χ2v) is 1.64. The first-order valence-electron chi connectivity index (χ1n) is 2.47. The highest BCUT2D eigenvalue weighted by Crippen LogP contribution is 1.94. The topological polar surface area (TPSA) is 118 Å². The highest BCUT2D eigenvalue weighted by Gasteiger charge is 2.24. The van der Waals surface area contributed by atoms with Crippen LogP contribution in [0.1, 0.15) is 0 Å². The van der Waals surface area contributed by atoms with Crippen molar-refractivity contribution < 1.29 is 24.6 Å². The highest BCUT2D eigenvalue weighted by atomic mass is 16.4. The summed E-state index contributed by atoms with van der Waals surface area (Å²) in [5.41, 5.74) is 3.80. The lowest BCUT2D eigenvalue weighted by Crippen LogP contribution is -2.35. The minimum atomic E-state index is -1.81. The van der Waals surface area contributed by atoms with Gasteiger partial charge < -0.3 is 15.9 Å². The van der Waals surface area contributed by atoms with Gasteiger partial charge in [0.05, 0.1) is 0 Å². The van der Waals surface area contributed by atoms with Gasteiger partial charge in [0, 0.05) is 0 Å².